The third-order valence-electron chi connectivity index (χ3n) is 6.54. The molecule has 1 unspecified atom stereocenters. The summed E-state index contributed by atoms with van der Waals surface area (Å²) in [7, 11) is 0. The van der Waals surface area contributed by atoms with Crippen molar-refractivity contribution in [1.29, 1.82) is 0 Å². The van der Waals surface area contributed by atoms with Gasteiger partial charge in [-0.2, -0.15) is 0 Å². The van der Waals surface area contributed by atoms with Gasteiger partial charge in [-0.25, -0.2) is 0 Å². The Kier molecular flexibility index (Phi) is 10.3. The molecule has 2 aromatic rings. The van der Waals surface area contributed by atoms with E-state index in [9.17, 15) is 14.7 Å². The number of unbranched alkanes of at least 4 members (excludes halogenated alkanes) is 2. The molecular formula is C30H38N2O4. The summed E-state index contributed by atoms with van der Waals surface area (Å²) in [4.78, 5) is 30.4. The van der Waals surface area contributed by atoms with Crippen LogP contribution in [-0.2, 0) is 9.59 Å². The van der Waals surface area contributed by atoms with Crippen LogP contribution < -0.4 is 4.74 Å². The largest absolute Gasteiger partial charge is 0.503 e. The van der Waals surface area contributed by atoms with Gasteiger partial charge in [-0.05, 0) is 48.8 Å². The number of carbonyl (C=O) groups excluding carboxylic acids is 2. The Balaban J connectivity index is 1.92. The predicted octanol–water partition coefficient (Wildman–Crippen LogP) is 5.58. The molecule has 0 fully saturated rings. The number of amides is 1. The smallest absolute Gasteiger partial charge is 0.290 e. The Hall–Kier alpha value is -3.38. The molecule has 0 aliphatic carbocycles. The number of aliphatic hydroxyl groups excluding tert-OH is 1. The Morgan fingerprint density at radius 2 is 1.81 bits per heavy atom. The number of benzene rings is 2. The van der Waals surface area contributed by atoms with E-state index >= 15 is 0 Å². The molecular weight excluding hydrogens is 452 g/mol. The van der Waals surface area contributed by atoms with Crippen LogP contribution in [0.2, 0.25) is 0 Å². The molecule has 0 bridgehead atoms. The number of hydrogen-bond acceptors (Lipinski definition) is 5. The van der Waals surface area contributed by atoms with Crippen molar-refractivity contribution in [2.45, 2.75) is 46.1 Å². The maximum Gasteiger partial charge on any atom is 0.290 e. The average Bonchev–Trinajstić information content (AvgIpc) is 3.16. The van der Waals surface area contributed by atoms with Crippen molar-refractivity contribution in [3.05, 3.63) is 83.1 Å². The molecule has 192 valence electrons. The highest BCUT2D eigenvalue weighted by atomic mass is 16.5. The van der Waals surface area contributed by atoms with E-state index in [1.807, 2.05) is 54.6 Å². The van der Waals surface area contributed by atoms with Crippen molar-refractivity contribution in [3.8, 4) is 5.75 Å². The Labute approximate surface area is 214 Å². The second-order valence-corrected chi connectivity index (χ2v) is 8.93. The highest BCUT2D eigenvalue weighted by Crippen LogP contribution is 2.39. The van der Waals surface area contributed by atoms with Gasteiger partial charge in [0, 0.05) is 13.1 Å². The molecule has 3 rings (SSSR count). The van der Waals surface area contributed by atoms with Crippen LogP contribution in [0.3, 0.4) is 0 Å². The number of ketones is 1. The molecule has 2 aromatic carbocycles. The standard InChI is InChI=1S/C30H38N2O4/c1-4-7-11-21-36-25-16-12-15-24(22-25)28-27(26(33)18-17-23-13-9-8-10-14-23)29(34)30(35)32(28)20-19-31(5-2)6-3/h8-10,12-18,22,28,34H,4-7,11,19-21H2,1-3H3/b18-17+. The lowest BCUT2D eigenvalue weighted by Gasteiger charge is -2.29. The van der Waals surface area contributed by atoms with Crippen LogP contribution in [0, 0.1) is 0 Å². The number of rotatable bonds is 14. The van der Waals surface area contributed by atoms with Crippen LogP contribution >= 0.6 is 0 Å². The van der Waals surface area contributed by atoms with Gasteiger partial charge < -0.3 is 19.6 Å². The van der Waals surface area contributed by atoms with Crippen molar-refractivity contribution >= 4 is 17.8 Å². The van der Waals surface area contributed by atoms with E-state index in [0.717, 1.165) is 43.5 Å². The summed E-state index contributed by atoms with van der Waals surface area (Å²) in [5.74, 6) is -0.679. The zero-order valence-corrected chi connectivity index (χ0v) is 21.7. The van der Waals surface area contributed by atoms with Crippen LogP contribution in [0.1, 0.15) is 57.2 Å². The van der Waals surface area contributed by atoms with Crippen molar-refractivity contribution in [3.63, 3.8) is 0 Å². The first-order chi connectivity index (χ1) is 17.5. The summed E-state index contributed by atoms with van der Waals surface area (Å²) in [6, 6.07) is 16.3. The lowest BCUT2D eigenvalue weighted by atomic mass is 9.95. The summed E-state index contributed by atoms with van der Waals surface area (Å²) >= 11 is 0. The van der Waals surface area contributed by atoms with Gasteiger partial charge >= 0.3 is 0 Å². The Morgan fingerprint density at radius 3 is 2.50 bits per heavy atom. The second-order valence-electron chi connectivity index (χ2n) is 8.93. The first-order valence-electron chi connectivity index (χ1n) is 13.0. The molecule has 0 radical (unpaired) electrons. The summed E-state index contributed by atoms with van der Waals surface area (Å²) < 4.78 is 5.94. The molecule has 1 atom stereocenters. The van der Waals surface area contributed by atoms with Crippen molar-refractivity contribution < 1.29 is 19.4 Å². The van der Waals surface area contributed by atoms with Crippen LogP contribution in [0.4, 0.5) is 0 Å². The van der Waals surface area contributed by atoms with E-state index in [1.54, 1.807) is 11.0 Å². The molecule has 0 saturated heterocycles. The fourth-order valence-electron chi connectivity index (χ4n) is 4.41. The van der Waals surface area contributed by atoms with Crippen LogP contribution in [0.25, 0.3) is 6.08 Å². The normalized spacial score (nSPS) is 15.9. The van der Waals surface area contributed by atoms with Crippen molar-refractivity contribution in [2.24, 2.45) is 0 Å². The number of hydrogen-bond donors (Lipinski definition) is 1. The van der Waals surface area contributed by atoms with E-state index < -0.39 is 17.7 Å². The molecule has 0 spiro atoms. The molecule has 1 heterocycles. The van der Waals surface area contributed by atoms with E-state index in [0.29, 0.717) is 25.4 Å². The van der Waals surface area contributed by atoms with Crippen molar-refractivity contribution in [2.75, 3.05) is 32.8 Å². The zero-order chi connectivity index (χ0) is 25.9. The SMILES string of the molecule is CCCCCOc1cccc(C2C(C(=O)/C=C/c3ccccc3)=C(O)C(=O)N2CCN(CC)CC)c1. The van der Waals surface area contributed by atoms with Gasteiger partial charge in [-0.15, -0.1) is 0 Å². The fraction of sp³-hybridized carbons (Fsp3) is 0.400. The number of ether oxygens (including phenoxy) is 1. The van der Waals surface area contributed by atoms with E-state index in [1.165, 1.54) is 6.08 Å². The number of carbonyl (C=O) groups is 2. The van der Waals surface area contributed by atoms with Gasteiger partial charge in [0.15, 0.2) is 11.5 Å². The first kappa shape index (κ1) is 27.2. The molecule has 1 amide bonds. The minimum absolute atomic E-state index is 0.106. The van der Waals surface area contributed by atoms with E-state index in [-0.39, 0.29) is 11.4 Å². The molecule has 1 aliphatic heterocycles. The molecule has 6 heteroatoms. The molecule has 0 saturated carbocycles. The lowest BCUT2D eigenvalue weighted by molar-refractivity contribution is -0.129. The number of aliphatic hydroxyl groups is 1. The molecule has 0 aromatic heterocycles. The van der Waals surface area contributed by atoms with E-state index in [2.05, 4.69) is 25.7 Å². The van der Waals surface area contributed by atoms with Gasteiger partial charge in [-0.1, -0.05) is 82.2 Å². The average molecular weight is 491 g/mol. The zero-order valence-electron chi connectivity index (χ0n) is 21.7. The minimum atomic E-state index is -0.680. The van der Waals surface area contributed by atoms with Gasteiger partial charge in [-0.3, -0.25) is 9.59 Å². The van der Waals surface area contributed by atoms with Crippen LogP contribution in [0.5, 0.6) is 5.75 Å². The number of likely N-dealkylation sites (N-methyl/N-ethyl adjacent to an activating group) is 1. The van der Waals surface area contributed by atoms with Gasteiger partial charge in [0.05, 0.1) is 18.2 Å². The summed E-state index contributed by atoms with van der Waals surface area (Å²) in [5.41, 5.74) is 1.72. The van der Waals surface area contributed by atoms with Gasteiger partial charge in [0.2, 0.25) is 0 Å². The number of nitrogens with zero attached hydrogens (tertiary/aromatic N) is 2. The number of allylic oxidation sites excluding steroid dienone is 1. The predicted molar refractivity (Wildman–Crippen MR) is 144 cm³/mol. The first-order valence-corrected chi connectivity index (χ1v) is 13.0. The van der Waals surface area contributed by atoms with Gasteiger partial charge in [0.25, 0.3) is 5.91 Å². The topological polar surface area (TPSA) is 70.1 Å². The third-order valence-corrected chi connectivity index (χ3v) is 6.54. The van der Waals surface area contributed by atoms with Gasteiger partial charge in [0.1, 0.15) is 5.75 Å². The highest BCUT2D eigenvalue weighted by molar-refractivity contribution is 6.14. The maximum atomic E-state index is 13.4. The Morgan fingerprint density at radius 1 is 1.06 bits per heavy atom. The van der Waals surface area contributed by atoms with Crippen molar-refractivity contribution in [1.82, 2.24) is 9.80 Å². The maximum absolute atomic E-state index is 13.4. The molecule has 36 heavy (non-hydrogen) atoms. The molecule has 6 nitrogen and oxygen atoms in total. The molecule has 1 aliphatic rings. The van der Waals surface area contributed by atoms with Crippen LogP contribution in [-0.4, -0.2) is 59.4 Å². The Bertz CT molecular complexity index is 1070. The highest BCUT2D eigenvalue weighted by Gasteiger charge is 2.42. The summed E-state index contributed by atoms with van der Waals surface area (Å²) in [5, 5.41) is 10.9. The monoisotopic (exact) mass is 490 g/mol. The fourth-order valence-corrected chi connectivity index (χ4v) is 4.41. The third kappa shape index (κ3) is 6.85. The lowest BCUT2D eigenvalue weighted by Crippen LogP contribution is -2.38. The minimum Gasteiger partial charge on any atom is -0.503 e. The molecule has 1 N–H and O–H groups in total. The van der Waals surface area contributed by atoms with Crippen LogP contribution in [0.15, 0.2) is 72.0 Å². The van der Waals surface area contributed by atoms with E-state index in [4.69, 9.17) is 4.74 Å². The second kappa shape index (κ2) is 13.6. The summed E-state index contributed by atoms with van der Waals surface area (Å²) in [6.45, 7) is 9.67. The quantitative estimate of drug-likeness (QED) is 0.277. The summed E-state index contributed by atoms with van der Waals surface area (Å²) in [6.07, 6.45) is 6.31.